The van der Waals surface area contributed by atoms with E-state index in [1.807, 2.05) is 0 Å². The number of aliphatic hydroxyl groups is 1. The molecule has 1 unspecified atom stereocenters. The summed E-state index contributed by atoms with van der Waals surface area (Å²) >= 11 is 0. The predicted molar refractivity (Wildman–Crippen MR) is 43.1 cm³/mol. The summed E-state index contributed by atoms with van der Waals surface area (Å²) in [6.45, 7) is 3.33. The molecule has 1 aromatic rings. The van der Waals surface area contributed by atoms with Crippen LogP contribution in [0.25, 0.3) is 0 Å². The maximum atomic E-state index is 12.6. The van der Waals surface area contributed by atoms with Gasteiger partial charge in [0.25, 0.3) is 0 Å². The van der Waals surface area contributed by atoms with Crippen LogP contribution in [0, 0.1) is 12.7 Å². The minimum Gasteiger partial charge on any atom is -0.508 e. The van der Waals surface area contributed by atoms with Crippen molar-refractivity contribution in [1.29, 1.82) is 0 Å². The van der Waals surface area contributed by atoms with Crippen LogP contribution < -0.4 is 0 Å². The van der Waals surface area contributed by atoms with E-state index in [4.69, 9.17) is 5.11 Å². The number of benzene rings is 1. The van der Waals surface area contributed by atoms with Crippen LogP contribution in [0.15, 0.2) is 18.2 Å². The summed E-state index contributed by atoms with van der Waals surface area (Å²) in [5, 5.41) is 18.1. The van der Waals surface area contributed by atoms with Crippen molar-refractivity contribution >= 4 is 0 Å². The van der Waals surface area contributed by atoms with Gasteiger partial charge in [-0.2, -0.15) is 0 Å². The fraction of sp³-hybridized carbons (Fsp3) is 0.222. The maximum Gasteiger partial charge on any atom is 0.123 e. The molecular formula is C9H10FO2. The van der Waals surface area contributed by atoms with Crippen LogP contribution in [0.1, 0.15) is 5.56 Å². The number of phenols is 1. The fourth-order valence-electron chi connectivity index (χ4n) is 0.971. The van der Waals surface area contributed by atoms with Gasteiger partial charge in [-0.15, -0.1) is 0 Å². The van der Waals surface area contributed by atoms with Crippen molar-refractivity contribution in [2.24, 2.45) is 0 Å². The lowest BCUT2D eigenvalue weighted by Gasteiger charge is -2.05. The summed E-state index contributed by atoms with van der Waals surface area (Å²) in [5.74, 6) is -0.442. The molecule has 2 nitrogen and oxygen atoms in total. The fourth-order valence-corrected chi connectivity index (χ4v) is 0.971. The topological polar surface area (TPSA) is 40.5 Å². The molecule has 1 atom stereocenters. The average Bonchev–Trinajstić information content (AvgIpc) is 1.96. The van der Waals surface area contributed by atoms with E-state index in [2.05, 4.69) is 6.92 Å². The Balaban J connectivity index is 2.90. The predicted octanol–water partition coefficient (Wildman–Crippen LogP) is 1.27. The Morgan fingerprint density at radius 3 is 2.75 bits per heavy atom. The van der Waals surface area contributed by atoms with Gasteiger partial charge in [0.1, 0.15) is 11.6 Å². The molecule has 0 amide bonds. The number of aliphatic hydroxyl groups excluding tert-OH is 1. The normalized spacial score (nSPS) is 12.9. The highest BCUT2D eigenvalue weighted by molar-refractivity contribution is 5.33. The molecule has 0 aliphatic rings. The second-order valence-electron chi connectivity index (χ2n) is 2.63. The summed E-state index contributed by atoms with van der Waals surface area (Å²) in [4.78, 5) is 0. The van der Waals surface area contributed by atoms with Gasteiger partial charge >= 0.3 is 0 Å². The molecule has 0 saturated carbocycles. The monoisotopic (exact) mass is 169 g/mol. The van der Waals surface area contributed by atoms with Gasteiger partial charge in [0, 0.05) is 6.42 Å². The molecule has 0 bridgehead atoms. The zero-order valence-corrected chi connectivity index (χ0v) is 6.50. The number of phenolic OH excluding ortho intramolecular Hbond substituents is 1. The number of halogens is 1. The van der Waals surface area contributed by atoms with Gasteiger partial charge in [-0.05, 0) is 30.7 Å². The number of rotatable bonds is 2. The van der Waals surface area contributed by atoms with E-state index in [1.54, 1.807) is 0 Å². The average molecular weight is 169 g/mol. The molecule has 0 aliphatic heterocycles. The van der Waals surface area contributed by atoms with Gasteiger partial charge in [0.15, 0.2) is 0 Å². The third-order valence-corrected chi connectivity index (χ3v) is 1.50. The van der Waals surface area contributed by atoms with Gasteiger partial charge in [0.2, 0.25) is 0 Å². The molecule has 3 heteroatoms. The zero-order valence-electron chi connectivity index (χ0n) is 6.50. The summed E-state index contributed by atoms with van der Waals surface area (Å²) in [5.41, 5.74) is 0.373. The molecule has 0 aliphatic carbocycles. The van der Waals surface area contributed by atoms with Crippen LogP contribution >= 0.6 is 0 Å². The zero-order chi connectivity index (χ0) is 9.14. The SMILES string of the molecule is [CH2]C(O)Cc1cc(F)ccc1O. The van der Waals surface area contributed by atoms with Crippen molar-refractivity contribution in [3.05, 3.63) is 36.5 Å². The lowest BCUT2D eigenvalue weighted by atomic mass is 10.1. The van der Waals surface area contributed by atoms with Gasteiger partial charge in [-0.3, -0.25) is 0 Å². The van der Waals surface area contributed by atoms with Crippen LogP contribution in [0.4, 0.5) is 4.39 Å². The van der Waals surface area contributed by atoms with Crippen molar-refractivity contribution in [3.63, 3.8) is 0 Å². The Bertz CT molecular complexity index is 271. The molecule has 2 N–H and O–H groups in total. The second kappa shape index (κ2) is 3.54. The first kappa shape index (κ1) is 9.00. The molecule has 1 aromatic carbocycles. The summed E-state index contributed by atoms with van der Waals surface area (Å²) in [6, 6.07) is 3.60. The van der Waals surface area contributed by atoms with Crippen molar-refractivity contribution in [2.75, 3.05) is 0 Å². The third-order valence-electron chi connectivity index (χ3n) is 1.50. The smallest absolute Gasteiger partial charge is 0.123 e. The quantitative estimate of drug-likeness (QED) is 0.699. The van der Waals surface area contributed by atoms with E-state index >= 15 is 0 Å². The van der Waals surface area contributed by atoms with Crippen LogP contribution in [0.5, 0.6) is 5.75 Å². The Kier molecular flexibility index (Phi) is 2.65. The van der Waals surface area contributed by atoms with Crippen LogP contribution in [0.3, 0.4) is 0 Å². The lowest BCUT2D eigenvalue weighted by Crippen LogP contribution is -2.04. The molecule has 0 saturated heterocycles. The number of hydrogen-bond donors (Lipinski definition) is 2. The Labute approximate surface area is 70.3 Å². The molecular weight excluding hydrogens is 159 g/mol. The molecule has 0 spiro atoms. The third kappa shape index (κ3) is 2.20. The van der Waals surface area contributed by atoms with E-state index in [1.165, 1.54) is 12.1 Å². The Morgan fingerprint density at radius 2 is 2.17 bits per heavy atom. The molecule has 1 radical (unpaired) electrons. The molecule has 0 aromatic heterocycles. The van der Waals surface area contributed by atoms with E-state index < -0.39 is 11.9 Å². The molecule has 12 heavy (non-hydrogen) atoms. The maximum absolute atomic E-state index is 12.6. The van der Waals surface area contributed by atoms with Gasteiger partial charge < -0.3 is 10.2 Å². The van der Waals surface area contributed by atoms with Crippen LogP contribution in [-0.2, 0) is 6.42 Å². The van der Waals surface area contributed by atoms with Crippen LogP contribution in [0.2, 0.25) is 0 Å². The van der Waals surface area contributed by atoms with Gasteiger partial charge in [0.05, 0.1) is 6.10 Å². The summed E-state index contributed by atoms with van der Waals surface area (Å²) in [7, 11) is 0. The largest absolute Gasteiger partial charge is 0.508 e. The van der Waals surface area contributed by atoms with Gasteiger partial charge in [-0.1, -0.05) is 0 Å². The van der Waals surface area contributed by atoms with E-state index in [-0.39, 0.29) is 12.2 Å². The van der Waals surface area contributed by atoms with E-state index in [0.717, 1.165) is 6.07 Å². The first-order chi connectivity index (χ1) is 5.59. The van der Waals surface area contributed by atoms with Crippen molar-refractivity contribution < 1.29 is 14.6 Å². The minimum atomic E-state index is -0.822. The van der Waals surface area contributed by atoms with Crippen LogP contribution in [-0.4, -0.2) is 16.3 Å². The minimum absolute atomic E-state index is 0.0147. The molecule has 65 valence electrons. The van der Waals surface area contributed by atoms with Crippen molar-refractivity contribution in [3.8, 4) is 5.75 Å². The van der Waals surface area contributed by atoms with Gasteiger partial charge in [-0.25, -0.2) is 4.39 Å². The molecule has 0 heterocycles. The molecule has 1 rings (SSSR count). The highest BCUT2D eigenvalue weighted by Crippen LogP contribution is 2.19. The van der Waals surface area contributed by atoms with E-state index in [9.17, 15) is 9.50 Å². The first-order valence-corrected chi connectivity index (χ1v) is 3.58. The highest BCUT2D eigenvalue weighted by Gasteiger charge is 2.05. The lowest BCUT2D eigenvalue weighted by molar-refractivity contribution is 0.220. The van der Waals surface area contributed by atoms with E-state index in [0.29, 0.717) is 5.56 Å². The second-order valence-corrected chi connectivity index (χ2v) is 2.63. The van der Waals surface area contributed by atoms with Crippen molar-refractivity contribution in [1.82, 2.24) is 0 Å². The van der Waals surface area contributed by atoms with Crippen molar-refractivity contribution in [2.45, 2.75) is 12.5 Å². The number of aromatic hydroxyl groups is 1. The highest BCUT2D eigenvalue weighted by atomic mass is 19.1. The first-order valence-electron chi connectivity index (χ1n) is 3.58. The molecule has 0 fully saturated rings. The summed E-state index contributed by atoms with van der Waals surface area (Å²) < 4.78 is 12.6. The number of hydrogen-bond acceptors (Lipinski definition) is 2. The Morgan fingerprint density at radius 1 is 1.50 bits per heavy atom. The Hall–Kier alpha value is -1.09. The summed E-state index contributed by atoms with van der Waals surface area (Å²) in [6.07, 6.45) is -0.665. The standard InChI is InChI=1S/C9H10FO2/c1-6(11)4-7-5-8(10)2-3-9(7)12/h2-3,5-6,11-12H,1,4H2.